The fourth-order valence-electron chi connectivity index (χ4n) is 3.70. The molecule has 0 bridgehead atoms. The number of nitrogens with zero attached hydrogens (tertiary/aromatic N) is 3. The molecule has 1 amide bonds. The van der Waals surface area contributed by atoms with Crippen molar-refractivity contribution in [2.45, 2.75) is 38.3 Å². The van der Waals surface area contributed by atoms with E-state index in [1.165, 1.54) is 0 Å². The maximum Gasteiger partial charge on any atom is 0.261 e. The number of fused-ring (bicyclic) bond motifs is 1. The lowest BCUT2D eigenvalue weighted by molar-refractivity contribution is -0.122. The highest BCUT2D eigenvalue weighted by Crippen LogP contribution is 2.21. The molecule has 1 aromatic carbocycles. The zero-order chi connectivity index (χ0) is 18.8. The zero-order valence-electron chi connectivity index (χ0n) is 15.7. The van der Waals surface area contributed by atoms with Gasteiger partial charge in [0.2, 0.25) is 5.91 Å². The predicted molar refractivity (Wildman–Crippen MR) is 103 cm³/mol. The first-order valence-corrected chi connectivity index (χ1v) is 9.67. The van der Waals surface area contributed by atoms with Gasteiger partial charge in [-0.1, -0.05) is 0 Å². The molecule has 0 unspecified atom stereocenters. The van der Waals surface area contributed by atoms with Crippen LogP contribution in [0.15, 0.2) is 29.3 Å². The molecule has 1 saturated heterocycles. The molecule has 1 saturated carbocycles. The standard InChI is InChI=1S/C20H26N4O3/c1-27-16-4-5-17-18(10-16)21-13-24(20(17)26)11-14-6-8-23(9-7-14)12-19(25)22-15-2-3-15/h4-5,10,13-15H,2-3,6-9,11-12H2,1H3,(H,22,25). The molecule has 2 aromatic rings. The third-order valence-corrected chi connectivity index (χ3v) is 5.50. The normalized spacial score (nSPS) is 18.6. The van der Waals surface area contributed by atoms with E-state index in [1.54, 1.807) is 36.2 Å². The van der Waals surface area contributed by atoms with Gasteiger partial charge in [-0.05, 0) is 56.8 Å². The van der Waals surface area contributed by atoms with Crippen molar-refractivity contribution in [1.82, 2.24) is 19.8 Å². The molecule has 144 valence electrons. The fourth-order valence-corrected chi connectivity index (χ4v) is 3.70. The third kappa shape index (κ3) is 4.30. The first-order chi connectivity index (χ1) is 13.1. The highest BCUT2D eigenvalue weighted by molar-refractivity contribution is 5.79. The van der Waals surface area contributed by atoms with Crippen LogP contribution in [0, 0.1) is 5.92 Å². The number of methoxy groups -OCH3 is 1. The highest BCUT2D eigenvalue weighted by atomic mass is 16.5. The number of hydrogen-bond donors (Lipinski definition) is 1. The van der Waals surface area contributed by atoms with Gasteiger partial charge in [-0.2, -0.15) is 0 Å². The molecule has 4 rings (SSSR count). The summed E-state index contributed by atoms with van der Waals surface area (Å²) in [5.41, 5.74) is 0.654. The van der Waals surface area contributed by atoms with Crippen LogP contribution in [0.25, 0.3) is 10.9 Å². The molecule has 0 atom stereocenters. The largest absolute Gasteiger partial charge is 0.497 e. The summed E-state index contributed by atoms with van der Waals surface area (Å²) in [6, 6.07) is 5.77. The molecule has 0 spiro atoms. The summed E-state index contributed by atoms with van der Waals surface area (Å²) < 4.78 is 6.91. The van der Waals surface area contributed by atoms with Crippen molar-refractivity contribution in [3.05, 3.63) is 34.9 Å². The molecule has 7 nitrogen and oxygen atoms in total. The van der Waals surface area contributed by atoms with Gasteiger partial charge in [0.1, 0.15) is 5.75 Å². The number of aromatic nitrogens is 2. The van der Waals surface area contributed by atoms with Gasteiger partial charge in [-0.3, -0.25) is 19.1 Å². The Morgan fingerprint density at radius 3 is 2.74 bits per heavy atom. The molecule has 1 N–H and O–H groups in total. The van der Waals surface area contributed by atoms with Crippen LogP contribution in [-0.2, 0) is 11.3 Å². The number of piperidine rings is 1. The van der Waals surface area contributed by atoms with Crippen LogP contribution < -0.4 is 15.6 Å². The van der Waals surface area contributed by atoms with Crippen molar-refractivity contribution in [3.8, 4) is 5.75 Å². The maximum absolute atomic E-state index is 12.7. The second-order valence-electron chi connectivity index (χ2n) is 7.65. The van der Waals surface area contributed by atoms with E-state index in [1.807, 2.05) is 0 Å². The van der Waals surface area contributed by atoms with Gasteiger partial charge in [0, 0.05) is 18.7 Å². The lowest BCUT2D eigenvalue weighted by Gasteiger charge is -2.31. The molecule has 1 aromatic heterocycles. The highest BCUT2D eigenvalue weighted by Gasteiger charge is 2.26. The summed E-state index contributed by atoms with van der Waals surface area (Å²) in [5, 5.41) is 3.66. The van der Waals surface area contributed by atoms with Crippen molar-refractivity contribution < 1.29 is 9.53 Å². The number of benzene rings is 1. The summed E-state index contributed by atoms with van der Waals surface area (Å²) in [7, 11) is 1.60. The molecule has 2 heterocycles. The number of amides is 1. The van der Waals surface area contributed by atoms with Crippen molar-refractivity contribution in [3.63, 3.8) is 0 Å². The molecule has 0 radical (unpaired) electrons. The number of ether oxygens (including phenoxy) is 1. The molecule has 7 heteroatoms. The van der Waals surface area contributed by atoms with Crippen LogP contribution in [0.2, 0.25) is 0 Å². The van der Waals surface area contributed by atoms with Crippen LogP contribution in [-0.4, -0.2) is 53.1 Å². The Morgan fingerprint density at radius 2 is 2.04 bits per heavy atom. The van der Waals surface area contributed by atoms with E-state index >= 15 is 0 Å². The number of rotatable bonds is 6. The van der Waals surface area contributed by atoms with Gasteiger partial charge in [0.15, 0.2) is 0 Å². The number of carbonyl (C=O) groups is 1. The van der Waals surface area contributed by atoms with Gasteiger partial charge >= 0.3 is 0 Å². The molecule has 1 aliphatic heterocycles. The minimum atomic E-state index is -0.00565. The van der Waals surface area contributed by atoms with E-state index in [0.717, 1.165) is 38.8 Å². The summed E-state index contributed by atoms with van der Waals surface area (Å²) in [6.45, 7) is 2.96. The van der Waals surface area contributed by atoms with Gasteiger partial charge in [-0.15, -0.1) is 0 Å². The number of carbonyl (C=O) groups excluding carboxylic acids is 1. The second-order valence-corrected chi connectivity index (χ2v) is 7.65. The molecular formula is C20H26N4O3. The van der Waals surface area contributed by atoms with Crippen LogP contribution in [0.4, 0.5) is 0 Å². The van der Waals surface area contributed by atoms with Crippen LogP contribution in [0.3, 0.4) is 0 Å². The quantitative estimate of drug-likeness (QED) is 0.832. The average molecular weight is 370 g/mol. The minimum absolute atomic E-state index is 0.00565. The Balaban J connectivity index is 1.35. The number of hydrogen-bond acceptors (Lipinski definition) is 5. The molecule has 27 heavy (non-hydrogen) atoms. The second kappa shape index (κ2) is 7.68. The van der Waals surface area contributed by atoms with E-state index in [4.69, 9.17) is 4.74 Å². The van der Waals surface area contributed by atoms with E-state index in [2.05, 4.69) is 15.2 Å². The van der Waals surface area contributed by atoms with E-state index in [-0.39, 0.29) is 11.5 Å². The number of likely N-dealkylation sites (tertiary alicyclic amines) is 1. The van der Waals surface area contributed by atoms with E-state index < -0.39 is 0 Å². The molecular weight excluding hydrogens is 344 g/mol. The van der Waals surface area contributed by atoms with Crippen LogP contribution >= 0.6 is 0 Å². The van der Waals surface area contributed by atoms with Crippen molar-refractivity contribution in [2.75, 3.05) is 26.7 Å². The topological polar surface area (TPSA) is 76.5 Å². The zero-order valence-corrected chi connectivity index (χ0v) is 15.7. The van der Waals surface area contributed by atoms with Crippen molar-refractivity contribution in [1.29, 1.82) is 0 Å². The van der Waals surface area contributed by atoms with Crippen molar-refractivity contribution in [2.24, 2.45) is 5.92 Å². The molecule has 1 aliphatic carbocycles. The van der Waals surface area contributed by atoms with Gasteiger partial charge in [-0.25, -0.2) is 4.98 Å². The van der Waals surface area contributed by atoms with Crippen LogP contribution in [0.1, 0.15) is 25.7 Å². The summed E-state index contributed by atoms with van der Waals surface area (Å²) >= 11 is 0. The lowest BCUT2D eigenvalue weighted by Crippen LogP contribution is -2.42. The summed E-state index contributed by atoms with van der Waals surface area (Å²) in [6.07, 6.45) is 5.86. The lowest BCUT2D eigenvalue weighted by atomic mass is 9.96. The first-order valence-electron chi connectivity index (χ1n) is 9.67. The first kappa shape index (κ1) is 18.0. The third-order valence-electron chi connectivity index (χ3n) is 5.50. The van der Waals surface area contributed by atoms with E-state index in [0.29, 0.717) is 41.7 Å². The maximum atomic E-state index is 12.7. The molecule has 2 fully saturated rings. The van der Waals surface area contributed by atoms with Crippen molar-refractivity contribution >= 4 is 16.8 Å². The smallest absolute Gasteiger partial charge is 0.261 e. The summed E-state index contributed by atoms with van der Waals surface area (Å²) in [5.74, 6) is 1.27. The Hall–Kier alpha value is -2.41. The Kier molecular flexibility index (Phi) is 5.11. The SMILES string of the molecule is COc1ccc2c(=O)n(CC3CCN(CC(=O)NC4CC4)CC3)cnc2c1. The monoisotopic (exact) mass is 370 g/mol. The Labute approximate surface area is 158 Å². The van der Waals surface area contributed by atoms with E-state index in [9.17, 15) is 9.59 Å². The minimum Gasteiger partial charge on any atom is -0.497 e. The van der Waals surface area contributed by atoms with Gasteiger partial charge < -0.3 is 10.1 Å². The van der Waals surface area contributed by atoms with Gasteiger partial charge in [0.25, 0.3) is 5.56 Å². The average Bonchev–Trinajstić information content (AvgIpc) is 3.49. The Morgan fingerprint density at radius 1 is 1.26 bits per heavy atom. The Bertz CT molecular complexity index is 882. The predicted octanol–water partition coefficient (Wildman–Crippen LogP) is 1.40. The molecule has 2 aliphatic rings. The fraction of sp³-hybridized carbons (Fsp3) is 0.550. The van der Waals surface area contributed by atoms with Crippen LogP contribution in [0.5, 0.6) is 5.75 Å². The summed E-state index contributed by atoms with van der Waals surface area (Å²) in [4.78, 5) is 31.3. The van der Waals surface area contributed by atoms with Gasteiger partial charge in [0.05, 0.1) is 30.9 Å². The number of nitrogens with one attached hydrogen (secondary N) is 1.